The van der Waals surface area contributed by atoms with Crippen LogP contribution in [0.5, 0.6) is 0 Å². The Hall–Kier alpha value is -0.120. The Kier molecular flexibility index (Phi) is 2.65. The van der Waals surface area contributed by atoms with Crippen LogP contribution in [-0.4, -0.2) is 35.6 Å². The fourth-order valence-corrected chi connectivity index (χ4v) is 1.17. The van der Waals surface area contributed by atoms with Crippen LogP contribution >= 0.6 is 0 Å². The van der Waals surface area contributed by atoms with E-state index in [2.05, 4.69) is 0 Å². The third-order valence-corrected chi connectivity index (χ3v) is 2.00. The van der Waals surface area contributed by atoms with E-state index in [1.807, 2.05) is 6.92 Å². The average molecular weight is 146 g/mol. The minimum absolute atomic E-state index is 0.0570. The highest BCUT2D eigenvalue weighted by Crippen LogP contribution is 2.19. The van der Waals surface area contributed by atoms with E-state index in [1.54, 1.807) is 0 Å². The molecule has 60 valence electrons. The first-order chi connectivity index (χ1) is 4.74. The van der Waals surface area contributed by atoms with Crippen molar-refractivity contribution < 1.29 is 14.9 Å². The molecule has 0 amide bonds. The van der Waals surface area contributed by atoms with Gasteiger partial charge < -0.3 is 14.9 Å². The Morgan fingerprint density at radius 3 is 2.80 bits per heavy atom. The van der Waals surface area contributed by atoms with Gasteiger partial charge in [-0.25, -0.2) is 0 Å². The van der Waals surface area contributed by atoms with Gasteiger partial charge in [0.15, 0.2) is 0 Å². The molecule has 0 aromatic rings. The lowest BCUT2D eigenvalue weighted by molar-refractivity contribution is -0.0984. The highest BCUT2D eigenvalue weighted by molar-refractivity contribution is 4.74. The molecule has 0 aliphatic carbocycles. The number of hydrogen-bond acceptors (Lipinski definition) is 3. The fraction of sp³-hybridized carbons (Fsp3) is 1.00. The normalized spacial score (nSPS) is 41.7. The zero-order chi connectivity index (χ0) is 7.56. The van der Waals surface area contributed by atoms with Crippen molar-refractivity contribution >= 4 is 0 Å². The van der Waals surface area contributed by atoms with Gasteiger partial charge in [-0.05, 0) is 12.3 Å². The van der Waals surface area contributed by atoms with Crippen molar-refractivity contribution in [1.82, 2.24) is 0 Å². The van der Waals surface area contributed by atoms with Gasteiger partial charge in [-0.1, -0.05) is 6.92 Å². The predicted molar refractivity (Wildman–Crippen MR) is 36.6 cm³/mol. The summed E-state index contributed by atoms with van der Waals surface area (Å²) in [5.41, 5.74) is 0. The van der Waals surface area contributed by atoms with Crippen molar-refractivity contribution in [3.05, 3.63) is 0 Å². The van der Waals surface area contributed by atoms with Crippen LogP contribution in [0.1, 0.15) is 13.3 Å². The molecule has 1 aliphatic heterocycles. The van der Waals surface area contributed by atoms with E-state index in [-0.39, 0.29) is 24.7 Å². The van der Waals surface area contributed by atoms with Gasteiger partial charge in [-0.3, -0.25) is 0 Å². The summed E-state index contributed by atoms with van der Waals surface area (Å²) in [5.74, 6) is 0.255. The van der Waals surface area contributed by atoms with Crippen molar-refractivity contribution in [2.45, 2.75) is 25.6 Å². The van der Waals surface area contributed by atoms with Crippen LogP contribution < -0.4 is 0 Å². The molecule has 2 N–H and O–H groups in total. The molecule has 1 saturated heterocycles. The number of aliphatic hydroxyl groups is 2. The van der Waals surface area contributed by atoms with E-state index < -0.39 is 0 Å². The van der Waals surface area contributed by atoms with Crippen LogP contribution in [-0.2, 0) is 4.74 Å². The third kappa shape index (κ3) is 1.68. The second-order valence-corrected chi connectivity index (χ2v) is 2.92. The van der Waals surface area contributed by atoms with E-state index in [0.29, 0.717) is 6.61 Å². The predicted octanol–water partition coefficient (Wildman–Crippen LogP) is -0.235. The molecule has 0 aromatic heterocycles. The molecule has 3 atom stereocenters. The minimum Gasteiger partial charge on any atom is -0.394 e. The van der Waals surface area contributed by atoms with Crippen LogP contribution in [0.3, 0.4) is 0 Å². The zero-order valence-electron chi connectivity index (χ0n) is 6.16. The Labute approximate surface area is 60.6 Å². The van der Waals surface area contributed by atoms with E-state index in [1.165, 1.54) is 0 Å². The molecular weight excluding hydrogens is 132 g/mol. The summed E-state index contributed by atoms with van der Waals surface area (Å²) in [7, 11) is 0. The second-order valence-electron chi connectivity index (χ2n) is 2.92. The second kappa shape index (κ2) is 3.32. The van der Waals surface area contributed by atoms with Gasteiger partial charge in [0.25, 0.3) is 0 Å². The molecular formula is C7H14O3. The lowest BCUT2D eigenvalue weighted by Crippen LogP contribution is -2.37. The Bertz CT molecular complexity index is 105. The molecule has 0 radical (unpaired) electrons. The molecule has 1 heterocycles. The molecule has 3 nitrogen and oxygen atoms in total. The van der Waals surface area contributed by atoms with Crippen molar-refractivity contribution in [3.8, 4) is 0 Å². The van der Waals surface area contributed by atoms with Crippen molar-refractivity contribution in [2.24, 2.45) is 5.92 Å². The summed E-state index contributed by atoms with van der Waals surface area (Å²) in [6.45, 7) is 2.40. The van der Waals surface area contributed by atoms with Gasteiger partial charge in [0, 0.05) is 0 Å². The Balaban J connectivity index is 2.33. The average Bonchev–Trinajstić information content (AvgIpc) is 1.95. The maximum atomic E-state index is 9.18. The van der Waals surface area contributed by atoms with Crippen LogP contribution in [0.2, 0.25) is 0 Å². The molecule has 1 fully saturated rings. The van der Waals surface area contributed by atoms with Crippen LogP contribution in [0, 0.1) is 5.92 Å². The largest absolute Gasteiger partial charge is 0.394 e. The van der Waals surface area contributed by atoms with E-state index in [0.717, 1.165) is 6.42 Å². The first-order valence-corrected chi connectivity index (χ1v) is 3.64. The van der Waals surface area contributed by atoms with Crippen molar-refractivity contribution in [1.29, 1.82) is 0 Å². The van der Waals surface area contributed by atoms with Crippen LogP contribution in [0.15, 0.2) is 0 Å². The Morgan fingerprint density at radius 2 is 2.30 bits per heavy atom. The number of rotatable bonds is 1. The van der Waals surface area contributed by atoms with Gasteiger partial charge >= 0.3 is 0 Å². The monoisotopic (exact) mass is 146 g/mol. The molecule has 1 aliphatic rings. The highest BCUT2D eigenvalue weighted by atomic mass is 16.5. The van der Waals surface area contributed by atoms with E-state index in [4.69, 9.17) is 9.84 Å². The maximum absolute atomic E-state index is 9.18. The van der Waals surface area contributed by atoms with Crippen LogP contribution in [0.25, 0.3) is 0 Å². The maximum Gasteiger partial charge on any atom is 0.0810 e. The lowest BCUT2D eigenvalue weighted by atomic mass is 9.95. The Morgan fingerprint density at radius 1 is 1.60 bits per heavy atom. The van der Waals surface area contributed by atoms with Crippen molar-refractivity contribution in [3.63, 3.8) is 0 Å². The molecule has 0 unspecified atom stereocenters. The van der Waals surface area contributed by atoms with E-state index >= 15 is 0 Å². The summed E-state index contributed by atoms with van der Waals surface area (Å²) in [5, 5.41) is 17.9. The molecule has 1 rings (SSSR count). The molecule has 3 heteroatoms. The molecule has 0 saturated carbocycles. The first kappa shape index (κ1) is 7.98. The standard InChI is InChI=1S/C7H14O3/c1-5-2-6(3-8)10-4-7(5)9/h5-9H,2-4H2,1H3/t5-,6-,7-/m0/s1. The molecule has 0 bridgehead atoms. The van der Waals surface area contributed by atoms with Gasteiger partial charge in [-0.15, -0.1) is 0 Å². The van der Waals surface area contributed by atoms with Gasteiger partial charge in [-0.2, -0.15) is 0 Å². The SMILES string of the molecule is C[C@H]1C[C@@H](CO)OC[C@@H]1O. The van der Waals surface area contributed by atoms with E-state index in [9.17, 15) is 5.11 Å². The van der Waals surface area contributed by atoms with Crippen molar-refractivity contribution in [2.75, 3.05) is 13.2 Å². The molecule has 10 heavy (non-hydrogen) atoms. The summed E-state index contributed by atoms with van der Waals surface area (Å²) < 4.78 is 5.11. The summed E-state index contributed by atoms with van der Waals surface area (Å²) >= 11 is 0. The third-order valence-electron chi connectivity index (χ3n) is 2.00. The van der Waals surface area contributed by atoms with Gasteiger partial charge in [0.05, 0.1) is 25.4 Å². The molecule has 0 aromatic carbocycles. The zero-order valence-corrected chi connectivity index (χ0v) is 6.16. The molecule has 0 spiro atoms. The smallest absolute Gasteiger partial charge is 0.0810 e. The van der Waals surface area contributed by atoms with Gasteiger partial charge in [0.1, 0.15) is 0 Å². The fourth-order valence-electron chi connectivity index (χ4n) is 1.17. The number of hydrogen-bond donors (Lipinski definition) is 2. The number of ether oxygens (including phenoxy) is 1. The number of aliphatic hydroxyl groups excluding tert-OH is 2. The minimum atomic E-state index is -0.345. The quantitative estimate of drug-likeness (QED) is 0.537. The van der Waals surface area contributed by atoms with Crippen LogP contribution in [0.4, 0.5) is 0 Å². The summed E-state index contributed by atoms with van der Waals surface area (Å²) in [4.78, 5) is 0. The first-order valence-electron chi connectivity index (χ1n) is 3.64. The summed E-state index contributed by atoms with van der Waals surface area (Å²) in [6.07, 6.45) is 0.360. The summed E-state index contributed by atoms with van der Waals surface area (Å²) in [6, 6.07) is 0. The highest BCUT2D eigenvalue weighted by Gasteiger charge is 2.25. The topological polar surface area (TPSA) is 49.7 Å². The van der Waals surface area contributed by atoms with Gasteiger partial charge in [0.2, 0.25) is 0 Å². The lowest BCUT2D eigenvalue weighted by Gasteiger charge is -2.30.